The smallest absolute Gasteiger partial charge is 0.154 e. The summed E-state index contributed by atoms with van der Waals surface area (Å²) < 4.78 is 12.0. The number of nitrogens with zero attached hydrogens (tertiary/aromatic N) is 2. The molecule has 1 aromatic carbocycles. The van der Waals surface area contributed by atoms with Crippen molar-refractivity contribution in [3.05, 3.63) is 47.2 Å². The van der Waals surface area contributed by atoms with Gasteiger partial charge in [0.25, 0.3) is 0 Å². The van der Waals surface area contributed by atoms with E-state index >= 15 is 0 Å². The van der Waals surface area contributed by atoms with Crippen LogP contribution in [-0.2, 0) is 4.74 Å². The van der Waals surface area contributed by atoms with Crippen LogP contribution in [0, 0.1) is 5.92 Å². The first-order chi connectivity index (χ1) is 12.7. The number of aromatic nitrogens is 1. The number of ether oxygens (including phenoxy) is 2. The number of amidine groups is 1. The number of hydrogen-bond acceptors (Lipinski definition) is 5. The molecule has 0 bridgehead atoms. The molecule has 0 radical (unpaired) electrons. The van der Waals surface area contributed by atoms with E-state index in [0.29, 0.717) is 16.8 Å². The van der Waals surface area contributed by atoms with Gasteiger partial charge in [-0.1, -0.05) is 29.4 Å². The van der Waals surface area contributed by atoms with E-state index in [0.717, 1.165) is 35.5 Å². The molecule has 136 valence electrons. The molecule has 3 atom stereocenters. The Morgan fingerprint density at radius 2 is 2.19 bits per heavy atom. The largest absolute Gasteiger partial charge is 0.489 e. The second-order valence-corrected chi connectivity index (χ2v) is 7.71. The highest BCUT2D eigenvalue weighted by atomic mass is 35.5. The van der Waals surface area contributed by atoms with Gasteiger partial charge in [0.1, 0.15) is 11.9 Å². The van der Waals surface area contributed by atoms with Gasteiger partial charge in [0, 0.05) is 35.9 Å². The molecule has 0 saturated carbocycles. The highest BCUT2D eigenvalue weighted by molar-refractivity contribution is 8.13. The highest BCUT2D eigenvalue weighted by Gasteiger charge is 2.40. The molecule has 4 rings (SSSR count). The molecule has 2 aliphatic rings. The van der Waals surface area contributed by atoms with E-state index < -0.39 is 0 Å². The monoisotopic (exact) mass is 389 g/mol. The van der Waals surface area contributed by atoms with Crippen molar-refractivity contribution in [1.29, 1.82) is 0 Å². The molecule has 0 amide bonds. The highest BCUT2D eigenvalue weighted by Crippen LogP contribution is 2.45. The van der Waals surface area contributed by atoms with Crippen LogP contribution >= 0.6 is 23.4 Å². The lowest BCUT2D eigenvalue weighted by atomic mass is 9.83. The van der Waals surface area contributed by atoms with Gasteiger partial charge >= 0.3 is 0 Å². The summed E-state index contributed by atoms with van der Waals surface area (Å²) in [6.07, 6.45) is 6.34. The lowest BCUT2D eigenvalue weighted by Crippen LogP contribution is -2.42. The van der Waals surface area contributed by atoms with E-state index in [1.807, 2.05) is 24.5 Å². The predicted molar refractivity (Wildman–Crippen MR) is 106 cm³/mol. The normalized spacial score (nSPS) is 25.2. The topological polar surface area (TPSA) is 69.7 Å². The minimum Gasteiger partial charge on any atom is -0.489 e. The average molecular weight is 390 g/mol. The number of fused-ring (bicyclic) bond motifs is 2. The number of hydrogen-bond donors (Lipinski definition) is 1. The van der Waals surface area contributed by atoms with Crippen molar-refractivity contribution < 1.29 is 9.47 Å². The molecule has 2 aliphatic heterocycles. The van der Waals surface area contributed by atoms with Gasteiger partial charge in [0.2, 0.25) is 0 Å². The molecule has 1 unspecified atom stereocenters. The van der Waals surface area contributed by atoms with Gasteiger partial charge in [-0.15, -0.1) is 0 Å². The van der Waals surface area contributed by atoms with Gasteiger partial charge in [0.15, 0.2) is 5.17 Å². The third kappa shape index (κ3) is 3.41. The molecular weight excluding hydrogens is 370 g/mol. The van der Waals surface area contributed by atoms with Crippen LogP contribution in [0.3, 0.4) is 0 Å². The molecule has 2 aromatic rings. The van der Waals surface area contributed by atoms with Crippen molar-refractivity contribution in [3.63, 3.8) is 0 Å². The minimum atomic E-state index is -0.0800. The lowest BCUT2D eigenvalue weighted by Gasteiger charge is -2.40. The fourth-order valence-electron chi connectivity index (χ4n) is 3.57. The van der Waals surface area contributed by atoms with Crippen LogP contribution in [0.4, 0.5) is 0 Å². The molecule has 0 spiro atoms. The SMILES string of the molecule is CSC(N)=NC1c2cc(-c3cncc(Cl)c3)ccc2O[C@@H]2CCOC[C@@H]12. The number of pyridine rings is 1. The number of nitrogens with two attached hydrogens (primary N) is 1. The average Bonchev–Trinajstić information content (AvgIpc) is 2.67. The summed E-state index contributed by atoms with van der Waals surface area (Å²) in [5.74, 6) is 1.03. The molecule has 1 saturated heterocycles. The molecule has 2 N–H and O–H groups in total. The summed E-state index contributed by atoms with van der Waals surface area (Å²) in [6.45, 7) is 1.35. The molecule has 5 nitrogen and oxygen atoms in total. The quantitative estimate of drug-likeness (QED) is 0.622. The Morgan fingerprint density at radius 1 is 1.31 bits per heavy atom. The molecule has 0 aliphatic carbocycles. The van der Waals surface area contributed by atoms with Crippen molar-refractivity contribution in [2.45, 2.75) is 18.6 Å². The van der Waals surface area contributed by atoms with Crippen LogP contribution in [0.25, 0.3) is 11.1 Å². The van der Waals surface area contributed by atoms with Crippen molar-refractivity contribution >= 4 is 28.5 Å². The Balaban J connectivity index is 1.79. The van der Waals surface area contributed by atoms with E-state index in [4.69, 9.17) is 31.8 Å². The molecule has 26 heavy (non-hydrogen) atoms. The third-order valence-corrected chi connectivity index (χ3v) is 5.59. The standard InChI is InChI=1S/C19H20ClN3O2S/c1-26-19(21)23-18-14-7-11(12-6-13(20)9-22-8-12)2-3-16(14)25-17-4-5-24-10-15(17)18/h2-3,6-9,15,17-18H,4-5,10H2,1H3,(H2,21,23)/t15-,17-,18?/m1/s1. The Bertz CT molecular complexity index is 845. The zero-order chi connectivity index (χ0) is 18.1. The molecule has 1 fully saturated rings. The van der Waals surface area contributed by atoms with E-state index in [-0.39, 0.29) is 18.1 Å². The summed E-state index contributed by atoms with van der Waals surface area (Å²) in [6, 6.07) is 7.97. The van der Waals surface area contributed by atoms with E-state index in [1.165, 1.54) is 11.8 Å². The lowest BCUT2D eigenvalue weighted by molar-refractivity contribution is -0.0434. The van der Waals surface area contributed by atoms with Gasteiger partial charge in [-0.2, -0.15) is 0 Å². The number of rotatable bonds is 2. The summed E-state index contributed by atoms with van der Waals surface area (Å²) in [7, 11) is 0. The van der Waals surface area contributed by atoms with Crippen molar-refractivity contribution in [1.82, 2.24) is 4.98 Å². The minimum absolute atomic E-state index is 0.0800. The van der Waals surface area contributed by atoms with Crippen LogP contribution in [0.15, 0.2) is 41.7 Å². The fraction of sp³-hybridized carbons (Fsp3) is 0.368. The van der Waals surface area contributed by atoms with E-state index in [2.05, 4.69) is 11.1 Å². The summed E-state index contributed by atoms with van der Waals surface area (Å²) in [5.41, 5.74) is 9.08. The van der Waals surface area contributed by atoms with Gasteiger partial charge in [0.05, 0.1) is 24.3 Å². The Labute approximate surface area is 162 Å². The predicted octanol–water partition coefficient (Wildman–Crippen LogP) is 3.92. The Hall–Kier alpha value is -1.76. The maximum Gasteiger partial charge on any atom is 0.154 e. The van der Waals surface area contributed by atoms with Crippen molar-refractivity contribution in [2.24, 2.45) is 16.6 Å². The fourth-order valence-corrected chi connectivity index (χ4v) is 3.96. The van der Waals surface area contributed by atoms with Gasteiger partial charge in [-0.3, -0.25) is 9.98 Å². The number of halogens is 1. The second kappa shape index (κ2) is 7.47. The van der Waals surface area contributed by atoms with Crippen LogP contribution in [0.5, 0.6) is 5.75 Å². The first-order valence-corrected chi connectivity index (χ1v) is 10.1. The van der Waals surface area contributed by atoms with Crippen molar-refractivity contribution in [3.8, 4) is 16.9 Å². The van der Waals surface area contributed by atoms with Gasteiger partial charge in [-0.05, 0) is 30.0 Å². The van der Waals surface area contributed by atoms with Crippen LogP contribution in [-0.4, -0.2) is 35.7 Å². The van der Waals surface area contributed by atoms with E-state index in [9.17, 15) is 0 Å². The summed E-state index contributed by atoms with van der Waals surface area (Å²) >= 11 is 7.55. The molecule has 1 aromatic heterocycles. The number of benzene rings is 1. The maximum absolute atomic E-state index is 6.26. The van der Waals surface area contributed by atoms with Crippen LogP contribution in [0.1, 0.15) is 18.0 Å². The first-order valence-electron chi connectivity index (χ1n) is 8.52. The summed E-state index contributed by atoms with van der Waals surface area (Å²) in [4.78, 5) is 8.97. The Kier molecular flexibility index (Phi) is 5.07. The second-order valence-electron chi connectivity index (χ2n) is 6.44. The molecule has 3 heterocycles. The van der Waals surface area contributed by atoms with Gasteiger partial charge < -0.3 is 15.2 Å². The molecule has 7 heteroatoms. The first kappa shape index (κ1) is 17.6. The summed E-state index contributed by atoms with van der Waals surface area (Å²) in [5, 5.41) is 1.18. The van der Waals surface area contributed by atoms with Crippen molar-refractivity contribution in [2.75, 3.05) is 19.5 Å². The third-order valence-electron chi connectivity index (χ3n) is 4.86. The maximum atomic E-state index is 6.26. The van der Waals surface area contributed by atoms with Crippen LogP contribution < -0.4 is 10.5 Å². The zero-order valence-corrected chi connectivity index (χ0v) is 16.0. The Morgan fingerprint density at radius 3 is 3.00 bits per heavy atom. The zero-order valence-electron chi connectivity index (χ0n) is 14.4. The molecular formula is C19H20ClN3O2S. The number of aliphatic imine (C=N–C) groups is 1. The number of thioether (sulfide) groups is 1. The van der Waals surface area contributed by atoms with Crippen LogP contribution in [0.2, 0.25) is 5.02 Å². The van der Waals surface area contributed by atoms with E-state index in [1.54, 1.807) is 12.4 Å². The van der Waals surface area contributed by atoms with Gasteiger partial charge in [-0.25, -0.2) is 0 Å².